The van der Waals surface area contributed by atoms with Crippen molar-refractivity contribution in [3.8, 4) is 0 Å². The van der Waals surface area contributed by atoms with Crippen LogP contribution in [0.3, 0.4) is 0 Å². The van der Waals surface area contributed by atoms with Gasteiger partial charge in [0.1, 0.15) is 11.0 Å². The molecule has 1 atom stereocenters. The second kappa shape index (κ2) is 5.61. The standard InChI is InChI=1S/C13H13BrClFN2O/c1-7-12(13(15)18(2)17-7)11(19)6-8-5-9(14)3-4-10(8)16/h3-5,11,19H,6H2,1-2H3. The summed E-state index contributed by atoms with van der Waals surface area (Å²) in [6.07, 6.45) is -0.734. The number of aryl methyl sites for hydroxylation is 2. The number of rotatable bonds is 3. The second-order valence-corrected chi connectivity index (χ2v) is 5.64. The lowest BCUT2D eigenvalue weighted by Gasteiger charge is -2.12. The van der Waals surface area contributed by atoms with Crippen molar-refractivity contribution in [2.24, 2.45) is 7.05 Å². The Morgan fingerprint density at radius 1 is 1.53 bits per heavy atom. The number of aliphatic hydroxyl groups excluding tert-OH is 1. The average Bonchev–Trinajstić information content (AvgIpc) is 2.58. The zero-order chi connectivity index (χ0) is 14.2. The first-order valence-electron chi connectivity index (χ1n) is 5.71. The summed E-state index contributed by atoms with van der Waals surface area (Å²) >= 11 is 9.37. The molecule has 0 aliphatic rings. The summed E-state index contributed by atoms with van der Waals surface area (Å²) < 4.78 is 15.9. The van der Waals surface area contributed by atoms with E-state index in [0.29, 0.717) is 22.0 Å². The van der Waals surface area contributed by atoms with Crippen LogP contribution in [0.5, 0.6) is 0 Å². The molecule has 19 heavy (non-hydrogen) atoms. The zero-order valence-corrected chi connectivity index (χ0v) is 12.8. The normalized spacial score (nSPS) is 12.7. The van der Waals surface area contributed by atoms with Crippen LogP contribution in [0.4, 0.5) is 4.39 Å². The highest BCUT2D eigenvalue weighted by Crippen LogP contribution is 2.29. The summed E-state index contributed by atoms with van der Waals surface area (Å²) in [4.78, 5) is 0. The molecule has 0 aliphatic carbocycles. The summed E-state index contributed by atoms with van der Waals surface area (Å²) in [5.74, 6) is -0.347. The minimum atomic E-state index is -0.884. The Morgan fingerprint density at radius 2 is 2.21 bits per heavy atom. The largest absolute Gasteiger partial charge is 0.388 e. The molecular weight excluding hydrogens is 335 g/mol. The molecular formula is C13H13BrClFN2O. The molecule has 0 amide bonds. The van der Waals surface area contributed by atoms with E-state index in [1.807, 2.05) is 0 Å². The van der Waals surface area contributed by atoms with E-state index in [9.17, 15) is 9.50 Å². The van der Waals surface area contributed by atoms with E-state index < -0.39 is 6.10 Å². The van der Waals surface area contributed by atoms with Gasteiger partial charge in [0, 0.05) is 23.5 Å². The fraction of sp³-hybridized carbons (Fsp3) is 0.308. The Labute approximate surface area is 124 Å². The van der Waals surface area contributed by atoms with Gasteiger partial charge in [0.2, 0.25) is 0 Å². The Bertz CT molecular complexity index is 615. The predicted octanol–water partition coefficient (Wildman–Crippen LogP) is 3.56. The molecule has 0 spiro atoms. The summed E-state index contributed by atoms with van der Waals surface area (Å²) in [7, 11) is 1.70. The molecule has 0 fully saturated rings. The van der Waals surface area contributed by atoms with Crippen molar-refractivity contribution in [3.63, 3.8) is 0 Å². The van der Waals surface area contributed by atoms with Gasteiger partial charge in [-0.05, 0) is 30.7 Å². The van der Waals surface area contributed by atoms with Gasteiger partial charge in [-0.25, -0.2) is 4.39 Å². The van der Waals surface area contributed by atoms with E-state index >= 15 is 0 Å². The average molecular weight is 348 g/mol. The lowest BCUT2D eigenvalue weighted by molar-refractivity contribution is 0.176. The first-order chi connectivity index (χ1) is 8.90. The molecule has 1 aromatic carbocycles. The molecule has 2 aromatic rings. The number of hydrogen-bond acceptors (Lipinski definition) is 2. The van der Waals surface area contributed by atoms with Crippen molar-refractivity contribution in [3.05, 3.63) is 50.5 Å². The van der Waals surface area contributed by atoms with Crippen molar-refractivity contribution in [1.29, 1.82) is 0 Å². The Kier molecular flexibility index (Phi) is 4.28. The number of aliphatic hydroxyl groups is 1. The third-order valence-corrected chi connectivity index (χ3v) is 3.89. The number of benzene rings is 1. The van der Waals surface area contributed by atoms with Crippen LogP contribution >= 0.6 is 27.5 Å². The van der Waals surface area contributed by atoms with Crippen molar-refractivity contribution in [1.82, 2.24) is 9.78 Å². The van der Waals surface area contributed by atoms with Gasteiger partial charge in [-0.15, -0.1) is 0 Å². The van der Waals surface area contributed by atoms with Gasteiger partial charge in [-0.1, -0.05) is 27.5 Å². The first-order valence-corrected chi connectivity index (χ1v) is 6.88. The van der Waals surface area contributed by atoms with Crippen molar-refractivity contribution < 1.29 is 9.50 Å². The highest BCUT2D eigenvalue weighted by atomic mass is 79.9. The summed E-state index contributed by atoms with van der Waals surface area (Å²) in [5.41, 5.74) is 1.63. The molecule has 2 rings (SSSR count). The number of aromatic nitrogens is 2. The molecule has 1 unspecified atom stereocenters. The van der Waals surface area contributed by atoms with Crippen molar-refractivity contribution >= 4 is 27.5 Å². The fourth-order valence-corrected chi connectivity index (χ4v) is 2.74. The van der Waals surface area contributed by atoms with Crippen LogP contribution in [0.2, 0.25) is 5.15 Å². The Balaban J connectivity index is 2.30. The fourth-order valence-electron chi connectivity index (χ4n) is 2.04. The molecule has 0 radical (unpaired) electrons. The van der Waals surface area contributed by atoms with Crippen LogP contribution in [0.1, 0.15) is 22.9 Å². The van der Waals surface area contributed by atoms with Gasteiger partial charge in [0.15, 0.2) is 0 Å². The molecule has 0 saturated heterocycles. The molecule has 0 bridgehead atoms. The van der Waals surface area contributed by atoms with Crippen LogP contribution in [0.25, 0.3) is 0 Å². The van der Waals surface area contributed by atoms with Gasteiger partial charge >= 0.3 is 0 Å². The third-order valence-electron chi connectivity index (χ3n) is 2.95. The van der Waals surface area contributed by atoms with Gasteiger partial charge in [-0.3, -0.25) is 4.68 Å². The number of hydrogen-bond donors (Lipinski definition) is 1. The minimum Gasteiger partial charge on any atom is -0.388 e. The van der Waals surface area contributed by atoms with Crippen LogP contribution < -0.4 is 0 Å². The Hall–Kier alpha value is -0.910. The minimum absolute atomic E-state index is 0.150. The lowest BCUT2D eigenvalue weighted by Crippen LogP contribution is -2.05. The SMILES string of the molecule is Cc1nn(C)c(Cl)c1C(O)Cc1cc(Br)ccc1F. The smallest absolute Gasteiger partial charge is 0.132 e. The monoisotopic (exact) mass is 346 g/mol. The van der Waals surface area contributed by atoms with Gasteiger partial charge in [0.25, 0.3) is 0 Å². The Morgan fingerprint density at radius 3 is 2.79 bits per heavy atom. The van der Waals surface area contributed by atoms with Gasteiger partial charge in [-0.2, -0.15) is 5.10 Å². The van der Waals surface area contributed by atoms with Gasteiger partial charge in [0.05, 0.1) is 11.8 Å². The molecule has 3 nitrogen and oxygen atoms in total. The third kappa shape index (κ3) is 2.99. The topological polar surface area (TPSA) is 38.0 Å². The second-order valence-electron chi connectivity index (χ2n) is 4.37. The van der Waals surface area contributed by atoms with Crippen LogP contribution in [-0.4, -0.2) is 14.9 Å². The number of halogens is 3. The maximum absolute atomic E-state index is 13.7. The quantitative estimate of drug-likeness (QED) is 0.922. The maximum Gasteiger partial charge on any atom is 0.132 e. The van der Waals surface area contributed by atoms with Crippen LogP contribution in [0, 0.1) is 12.7 Å². The van der Waals surface area contributed by atoms with Gasteiger partial charge < -0.3 is 5.11 Å². The van der Waals surface area contributed by atoms with Crippen LogP contribution in [-0.2, 0) is 13.5 Å². The zero-order valence-electron chi connectivity index (χ0n) is 10.5. The molecule has 102 valence electrons. The molecule has 1 aromatic heterocycles. The lowest BCUT2D eigenvalue weighted by atomic mass is 10.0. The van der Waals surface area contributed by atoms with Crippen LogP contribution in [0.15, 0.2) is 22.7 Å². The molecule has 6 heteroatoms. The summed E-state index contributed by atoms with van der Waals surface area (Å²) in [6, 6.07) is 4.63. The first kappa shape index (κ1) is 14.5. The molecule has 1 heterocycles. The predicted molar refractivity (Wildman–Crippen MR) is 75.7 cm³/mol. The van der Waals surface area contributed by atoms with E-state index in [-0.39, 0.29) is 12.2 Å². The van der Waals surface area contributed by atoms with E-state index in [1.54, 1.807) is 26.1 Å². The van der Waals surface area contributed by atoms with Crippen molar-refractivity contribution in [2.75, 3.05) is 0 Å². The van der Waals surface area contributed by atoms with Crippen molar-refractivity contribution in [2.45, 2.75) is 19.4 Å². The van der Waals surface area contributed by atoms with E-state index in [0.717, 1.165) is 4.47 Å². The number of nitrogens with zero attached hydrogens (tertiary/aromatic N) is 2. The highest BCUT2D eigenvalue weighted by Gasteiger charge is 2.21. The maximum atomic E-state index is 13.7. The molecule has 0 saturated carbocycles. The molecule has 0 aliphatic heterocycles. The molecule has 1 N–H and O–H groups in total. The summed E-state index contributed by atoms with van der Waals surface area (Å²) in [6.45, 7) is 1.77. The summed E-state index contributed by atoms with van der Waals surface area (Å²) in [5, 5.41) is 14.8. The van der Waals surface area contributed by atoms with E-state index in [4.69, 9.17) is 11.6 Å². The van der Waals surface area contributed by atoms with E-state index in [1.165, 1.54) is 10.7 Å². The van der Waals surface area contributed by atoms with E-state index in [2.05, 4.69) is 21.0 Å². The highest BCUT2D eigenvalue weighted by molar-refractivity contribution is 9.10.